The van der Waals surface area contributed by atoms with Crippen LogP contribution in [0.3, 0.4) is 0 Å². The highest BCUT2D eigenvalue weighted by molar-refractivity contribution is 6.11. The van der Waals surface area contributed by atoms with Crippen molar-refractivity contribution in [3.05, 3.63) is 181 Å². The van der Waals surface area contributed by atoms with Crippen LogP contribution in [0.4, 0.5) is 0 Å². The van der Waals surface area contributed by atoms with Crippen LogP contribution in [0, 0.1) is 0 Å². The van der Waals surface area contributed by atoms with Crippen molar-refractivity contribution in [2.45, 2.75) is 12.3 Å². The first-order valence-corrected chi connectivity index (χ1v) is 18.3. The van der Waals surface area contributed by atoms with E-state index in [0.717, 1.165) is 78.1 Å². The highest BCUT2D eigenvalue weighted by Crippen LogP contribution is 2.38. The minimum Gasteiger partial charge on any atom is -0.456 e. The van der Waals surface area contributed by atoms with Crippen molar-refractivity contribution in [1.29, 1.82) is 0 Å². The summed E-state index contributed by atoms with van der Waals surface area (Å²) in [5.41, 5.74) is 9.69. The average Bonchev–Trinajstić information content (AvgIpc) is 3.79. The molecule has 0 amide bonds. The minimum absolute atomic E-state index is 0.329. The maximum absolute atomic E-state index is 6.57. The molecule has 3 aromatic heterocycles. The molecule has 1 atom stereocenters. The lowest BCUT2D eigenvalue weighted by molar-refractivity contribution is 0.669. The van der Waals surface area contributed by atoms with Crippen LogP contribution in [-0.4, -0.2) is 15.0 Å². The molecule has 0 saturated heterocycles. The van der Waals surface area contributed by atoms with Gasteiger partial charge in [-0.15, -0.1) is 0 Å². The van der Waals surface area contributed by atoms with Crippen molar-refractivity contribution in [2.75, 3.05) is 0 Å². The monoisotopic (exact) mass is 693 g/mol. The Hall–Kier alpha value is -7.11. The molecule has 10 aromatic rings. The molecule has 1 aliphatic carbocycles. The Morgan fingerprint density at radius 2 is 1.00 bits per heavy atom. The lowest BCUT2D eigenvalue weighted by Crippen LogP contribution is -2.05. The molecule has 254 valence electrons. The van der Waals surface area contributed by atoms with Gasteiger partial charge in [0, 0.05) is 44.2 Å². The Bertz CT molecular complexity index is 3140. The average molecular weight is 694 g/mol. The van der Waals surface area contributed by atoms with Crippen LogP contribution in [0.1, 0.15) is 23.7 Å². The number of furan rings is 2. The predicted molar refractivity (Wildman–Crippen MR) is 219 cm³/mol. The van der Waals surface area contributed by atoms with E-state index in [4.69, 9.17) is 23.8 Å². The Kier molecular flexibility index (Phi) is 6.92. The molecular weight excluding hydrogens is 663 g/mol. The summed E-state index contributed by atoms with van der Waals surface area (Å²) in [6.07, 6.45) is 7.51. The Labute approximate surface area is 310 Å². The summed E-state index contributed by atoms with van der Waals surface area (Å²) in [4.78, 5) is 15.0. The molecule has 11 rings (SSSR count). The molecule has 0 fully saturated rings. The van der Waals surface area contributed by atoms with Crippen molar-refractivity contribution in [2.24, 2.45) is 0 Å². The first-order chi connectivity index (χ1) is 26.7. The summed E-state index contributed by atoms with van der Waals surface area (Å²) >= 11 is 0. The van der Waals surface area contributed by atoms with E-state index in [2.05, 4.69) is 133 Å². The highest BCUT2D eigenvalue weighted by atomic mass is 16.3. The summed E-state index contributed by atoms with van der Waals surface area (Å²) in [6.45, 7) is 0. The van der Waals surface area contributed by atoms with Crippen molar-refractivity contribution in [3.63, 3.8) is 0 Å². The summed E-state index contributed by atoms with van der Waals surface area (Å²) in [5, 5.41) is 6.70. The molecule has 5 nitrogen and oxygen atoms in total. The van der Waals surface area contributed by atoms with E-state index < -0.39 is 0 Å². The molecule has 0 N–H and O–H groups in total. The van der Waals surface area contributed by atoms with Gasteiger partial charge in [0.05, 0.1) is 0 Å². The third-order valence-corrected chi connectivity index (χ3v) is 10.7. The Morgan fingerprint density at radius 1 is 0.426 bits per heavy atom. The number of nitrogens with zero attached hydrogens (tertiary/aromatic N) is 3. The van der Waals surface area contributed by atoms with Crippen molar-refractivity contribution in [1.82, 2.24) is 15.0 Å². The van der Waals surface area contributed by atoms with Gasteiger partial charge in [-0.3, -0.25) is 0 Å². The van der Waals surface area contributed by atoms with Crippen molar-refractivity contribution < 1.29 is 8.83 Å². The molecule has 1 unspecified atom stereocenters. The standard InChI is InChI=1S/C49H31N3O2/c1-3-9-30(10-4-1)31-15-17-33(18-16-31)48-50-47(32-11-5-2-6-12-32)51-49(52-48)38-20-23-40-39-22-19-37(28-44(39)54-45(40)29-38)36-21-24-43-41(26-36)42-25-34-13-7-8-14-35(34)27-46(42)53-43/h1-15,17-29,31H,16H2. The second-order valence-corrected chi connectivity index (χ2v) is 14.0. The van der Waals surface area contributed by atoms with Gasteiger partial charge < -0.3 is 8.83 Å². The van der Waals surface area contributed by atoms with Crippen LogP contribution in [-0.2, 0) is 0 Å². The number of fused-ring (bicyclic) bond motifs is 7. The van der Waals surface area contributed by atoms with E-state index >= 15 is 0 Å². The fourth-order valence-electron chi connectivity index (χ4n) is 7.82. The normalized spacial score (nSPS) is 14.4. The van der Waals surface area contributed by atoms with Crippen molar-refractivity contribution in [3.8, 4) is 33.9 Å². The maximum atomic E-state index is 6.57. The zero-order chi connectivity index (χ0) is 35.6. The number of allylic oxidation sites excluding steroid dienone is 4. The molecular formula is C49H31N3O2. The smallest absolute Gasteiger partial charge is 0.164 e. The summed E-state index contributed by atoms with van der Waals surface area (Å²) < 4.78 is 12.8. The third kappa shape index (κ3) is 5.21. The van der Waals surface area contributed by atoms with Gasteiger partial charge in [0.2, 0.25) is 0 Å². The maximum Gasteiger partial charge on any atom is 0.164 e. The van der Waals surface area contributed by atoms with Crippen LogP contribution in [0.5, 0.6) is 0 Å². The summed E-state index contributed by atoms with van der Waals surface area (Å²) in [6, 6.07) is 52.6. The number of rotatable bonds is 5. The molecule has 3 heterocycles. The minimum atomic E-state index is 0.329. The Morgan fingerprint density at radius 3 is 1.76 bits per heavy atom. The lowest BCUT2D eigenvalue weighted by atomic mass is 9.90. The number of hydrogen-bond donors (Lipinski definition) is 0. The fourth-order valence-corrected chi connectivity index (χ4v) is 7.82. The van der Waals surface area contributed by atoms with Gasteiger partial charge >= 0.3 is 0 Å². The van der Waals surface area contributed by atoms with Crippen LogP contribution in [0.15, 0.2) is 179 Å². The van der Waals surface area contributed by atoms with E-state index in [9.17, 15) is 0 Å². The van der Waals surface area contributed by atoms with Gasteiger partial charge in [-0.05, 0) is 82.4 Å². The van der Waals surface area contributed by atoms with E-state index in [-0.39, 0.29) is 0 Å². The van der Waals surface area contributed by atoms with Gasteiger partial charge in [0.1, 0.15) is 22.3 Å². The van der Waals surface area contributed by atoms with Gasteiger partial charge in [0.15, 0.2) is 17.5 Å². The number of hydrogen-bond acceptors (Lipinski definition) is 5. The summed E-state index contributed by atoms with van der Waals surface area (Å²) in [5.74, 6) is 2.23. The van der Waals surface area contributed by atoms with Gasteiger partial charge in [-0.25, -0.2) is 15.0 Å². The van der Waals surface area contributed by atoms with Crippen molar-refractivity contribution >= 4 is 60.2 Å². The molecule has 54 heavy (non-hydrogen) atoms. The van der Waals surface area contributed by atoms with Gasteiger partial charge in [0.25, 0.3) is 0 Å². The molecule has 0 saturated carbocycles. The molecule has 5 heteroatoms. The number of aromatic nitrogens is 3. The SMILES string of the molecule is C1=CC(c2ccccc2)CC=C1c1nc(-c2ccccc2)nc(-c2ccc3c(c2)oc2cc(-c4ccc5oc6cc7ccccc7cc6c5c4)ccc23)n1. The quantitative estimate of drug-likeness (QED) is 0.179. The third-order valence-electron chi connectivity index (χ3n) is 10.7. The molecule has 1 aliphatic rings. The fraction of sp³-hybridized carbons (Fsp3) is 0.0408. The van der Waals surface area contributed by atoms with Crippen LogP contribution >= 0.6 is 0 Å². The largest absolute Gasteiger partial charge is 0.456 e. The first-order valence-electron chi connectivity index (χ1n) is 18.3. The van der Waals surface area contributed by atoms with Crippen LogP contribution < -0.4 is 0 Å². The van der Waals surface area contributed by atoms with Gasteiger partial charge in [-0.2, -0.15) is 0 Å². The topological polar surface area (TPSA) is 65.0 Å². The zero-order valence-electron chi connectivity index (χ0n) is 29.1. The second-order valence-electron chi connectivity index (χ2n) is 14.0. The highest BCUT2D eigenvalue weighted by Gasteiger charge is 2.18. The Balaban J connectivity index is 0.967. The number of benzene rings is 7. The van der Waals surface area contributed by atoms with E-state index in [1.807, 2.05) is 36.4 Å². The molecule has 0 bridgehead atoms. The summed E-state index contributed by atoms with van der Waals surface area (Å²) in [7, 11) is 0. The van der Waals surface area contributed by atoms with Crippen LogP contribution in [0.2, 0.25) is 0 Å². The molecule has 0 spiro atoms. The van der Waals surface area contributed by atoms with Gasteiger partial charge in [-0.1, -0.05) is 121 Å². The van der Waals surface area contributed by atoms with E-state index in [1.54, 1.807) is 0 Å². The van der Waals surface area contributed by atoms with E-state index in [1.165, 1.54) is 16.3 Å². The van der Waals surface area contributed by atoms with E-state index in [0.29, 0.717) is 23.4 Å². The lowest BCUT2D eigenvalue weighted by Gasteiger charge is -2.16. The first kappa shape index (κ1) is 30.5. The van der Waals surface area contributed by atoms with Crippen LogP contribution in [0.25, 0.3) is 94.1 Å². The predicted octanol–water partition coefficient (Wildman–Crippen LogP) is 13.0. The molecule has 0 aliphatic heterocycles. The zero-order valence-corrected chi connectivity index (χ0v) is 29.1. The molecule has 0 radical (unpaired) electrons. The second kappa shape index (κ2) is 12.2. The molecule has 7 aromatic carbocycles.